The van der Waals surface area contributed by atoms with Gasteiger partial charge in [0.1, 0.15) is 0 Å². The fraction of sp³-hybridized carbons (Fsp3) is 0.200. The van der Waals surface area contributed by atoms with Gasteiger partial charge in [-0.05, 0) is 23.3 Å². The highest BCUT2D eigenvalue weighted by Crippen LogP contribution is 2.31. The Morgan fingerprint density at radius 1 is 1.10 bits per heavy atom. The first-order valence-electron chi connectivity index (χ1n) is 8.84. The van der Waals surface area contributed by atoms with Gasteiger partial charge in [0.25, 0.3) is 0 Å². The molecule has 9 heteroatoms. The normalized spacial score (nSPS) is 10.7. The first kappa shape index (κ1) is 20.8. The van der Waals surface area contributed by atoms with Gasteiger partial charge in [0.15, 0.2) is 5.13 Å². The number of hydrogen-bond acceptors (Lipinski definition) is 6. The van der Waals surface area contributed by atoms with Crippen molar-refractivity contribution in [3.63, 3.8) is 0 Å². The molecular weight excluding hydrogens is 408 g/mol. The van der Waals surface area contributed by atoms with Gasteiger partial charge in [0, 0.05) is 0 Å². The Bertz CT molecular complexity index is 1060. The van der Waals surface area contributed by atoms with Gasteiger partial charge >= 0.3 is 0 Å². The second-order valence-corrected chi connectivity index (χ2v) is 8.53. The summed E-state index contributed by atoms with van der Waals surface area (Å²) >= 11 is 2.55. The second-order valence-electron chi connectivity index (χ2n) is 6.29. The van der Waals surface area contributed by atoms with Gasteiger partial charge in [-0.15, -0.1) is 11.8 Å². The van der Waals surface area contributed by atoms with E-state index in [4.69, 9.17) is 5.73 Å². The number of carbonyl (C=O) groups is 3. The number of primary amides is 1. The lowest BCUT2D eigenvalue weighted by atomic mass is 10.0. The molecule has 3 rings (SSSR count). The van der Waals surface area contributed by atoms with E-state index < -0.39 is 5.91 Å². The number of thiazole rings is 1. The van der Waals surface area contributed by atoms with Crippen LogP contribution in [0.4, 0.5) is 5.13 Å². The molecule has 150 valence electrons. The Labute approximate surface area is 176 Å². The van der Waals surface area contributed by atoms with Crippen molar-refractivity contribution < 1.29 is 14.4 Å². The van der Waals surface area contributed by atoms with Gasteiger partial charge in [0.2, 0.25) is 17.7 Å². The Hall–Kier alpha value is -2.91. The largest absolute Gasteiger partial charge is 0.369 e. The van der Waals surface area contributed by atoms with Gasteiger partial charge in [-0.25, -0.2) is 4.98 Å². The molecule has 0 saturated heterocycles. The van der Waals surface area contributed by atoms with Gasteiger partial charge in [0.05, 0.1) is 28.6 Å². The van der Waals surface area contributed by atoms with E-state index in [2.05, 4.69) is 15.6 Å². The lowest BCUT2D eigenvalue weighted by molar-refractivity contribution is -0.123. The summed E-state index contributed by atoms with van der Waals surface area (Å²) in [7, 11) is 0. The highest BCUT2D eigenvalue weighted by molar-refractivity contribution is 8.01. The first-order valence-corrected chi connectivity index (χ1v) is 10.6. The lowest BCUT2D eigenvalue weighted by Gasteiger charge is -2.08. The SMILES string of the molecule is Cc1nc(NC(=O)CNC(=O)Cc2cccc3ccccc23)sc1SCC(N)=O. The van der Waals surface area contributed by atoms with E-state index in [1.54, 1.807) is 6.92 Å². The number of amides is 3. The molecular formula is C20H20N4O3S2. The average molecular weight is 429 g/mol. The van der Waals surface area contributed by atoms with Crippen LogP contribution in [0.25, 0.3) is 10.8 Å². The summed E-state index contributed by atoms with van der Waals surface area (Å²) in [6.07, 6.45) is 0.193. The van der Waals surface area contributed by atoms with Gasteiger partial charge in [-0.3, -0.25) is 14.4 Å². The Kier molecular flexibility index (Phi) is 6.84. The lowest BCUT2D eigenvalue weighted by Crippen LogP contribution is -2.33. The monoisotopic (exact) mass is 428 g/mol. The standard InChI is InChI=1S/C20H20N4O3S2/c1-12-19(28-11-16(21)25)29-20(23-12)24-18(27)10-22-17(26)9-14-7-4-6-13-5-2-3-8-15(13)14/h2-8H,9-11H2,1H3,(H2,21,25)(H,22,26)(H,23,24,27). The van der Waals surface area contributed by atoms with Crippen LogP contribution in [0.3, 0.4) is 0 Å². The van der Waals surface area contributed by atoms with Crippen LogP contribution in [0.15, 0.2) is 46.7 Å². The summed E-state index contributed by atoms with van der Waals surface area (Å²) in [6.45, 7) is 1.65. The molecule has 3 amide bonds. The zero-order valence-corrected chi connectivity index (χ0v) is 17.4. The van der Waals surface area contributed by atoms with Crippen LogP contribution < -0.4 is 16.4 Å². The van der Waals surface area contributed by atoms with E-state index in [9.17, 15) is 14.4 Å². The molecule has 0 saturated carbocycles. The summed E-state index contributed by atoms with van der Waals surface area (Å²) in [5.74, 6) is -0.857. The van der Waals surface area contributed by atoms with E-state index in [0.717, 1.165) is 26.2 Å². The van der Waals surface area contributed by atoms with Crippen molar-refractivity contribution in [3.05, 3.63) is 53.7 Å². The molecule has 0 fully saturated rings. The topological polar surface area (TPSA) is 114 Å². The third-order valence-corrected chi connectivity index (χ3v) is 6.48. The number of nitrogens with two attached hydrogens (primary N) is 1. The molecule has 4 N–H and O–H groups in total. The maximum atomic E-state index is 12.3. The number of thioether (sulfide) groups is 1. The third kappa shape index (κ3) is 5.78. The van der Waals surface area contributed by atoms with Crippen molar-refractivity contribution >= 4 is 56.7 Å². The van der Waals surface area contributed by atoms with Gasteiger partial charge in [-0.2, -0.15) is 0 Å². The highest BCUT2D eigenvalue weighted by Gasteiger charge is 2.13. The molecule has 0 radical (unpaired) electrons. The van der Waals surface area contributed by atoms with Crippen LogP contribution >= 0.6 is 23.1 Å². The minimum absolute atomic E-state index is 0.147. The second kappa shape index (κ2) is 9.53. The van der Waals surface area contributed by atoms with Crippen LogP contribution in [0.1, 0.15) is 11.3 Å². The van der Waals surface area contributed by atoms with Crippen molar-refractivity contribution in [2.45, 2.75) is 17.6 Å². The number of aryl methyl sites for hydroxylation is 1. The first-order chi connectivity index (χ1) is 13.9. The summed E-state index contributed by atoms with van der Waals surface area (Å²) in [6, 6.07) is 13.7. The maximum absolute atomic E-state index is 12.3. The number of anilines is 1. The third-order valence-electron chi connectivity index (χ3n) is 4.02. The van der Waals surface area contributed by atoms with Crippen LogP contribution in [0.5, 0.6) is 0 Å². The van der Waals surface area contributed by atoms with Crippen molar-refractivity contribution in [1.82, 2.24) is 10.3 Å². The molecule has 1 heterocycles. The zero-order chi connectivity index (χ0) is 20.8. The molecule has 3 aromatic rings. The maximum Gasteiger partial charge on any atom is 0.245 e. The fourth-order valence-corrected chi connectivity index (χ4v) is 4.62. The number of fused-ring (bicyclic) bond motifs is 1. The molecule has 0 bridgehead atoms. The predicted molar refractivity (Wildman–Crippen MR) is 116 cm³/mol. The molecule has 0 unspecified atom stereocenters. The quantitative estimate of drug-likeness (QED) is 0.477. The number of benzene rings is 2. The van der Waals surface area contributed by atoms with Crippen LogP contribution in [0.2, 0.25) is 0 Å². The number of hydrogen-bond donors (Lipinski definition) is 3. The van der Waals surface area contributed by atoms with E-state index in [-0.39, 0.29) is 30.5 Å². The average Bonchev–Trinajstić information content (AvgIpc) is 3.04. The highest BCUT2D eigenvalue weighted by atomic mass is 32.2. The van der Waals surface area contributed by atoms with Crippen LogP contribution in [-0.4, -0.2) is 35.0 Å². The summed E-state index contributed by atoms with van der Waals surface area (Å²) in [4.78, 5) is 39.6. The van der Waals surface area contributed by atoms with Crippen molar-refractivity contribution in [2.24, 2.45) is 5.73 Å². The molecule has 0 spiro atoms. The van der Waals surface area contributed by atoms with E-state index >= 15 is 0 Å². The number of aromatic nitrogens is 1. The van der Waals surface area contributed by atoms with Crippen LogP contribution in [0, 0.1) is 6.92 Å². The molecule has 0 aliphatic heterocycles. The molecule has 0 aliphatic carbocycles. The molecule has 0 atom stereocenters. The molecule has 1 aromatic heterocycles. The van der Waals surface area contributed by atoms with Crippen molar-refractivity contribution in [2.75, 3.05) is 17.6 Å². The Balaban J connectivity index is 1.52. The Morgan fingerprint density at radius 3 is 2.66 bits per heavy atom. The molecule has 7 nitrogen and oxygen atoms in total. The van der Waals surface area contributed by atoms with E-state index in [1.807, 2.05) is 42.5 Å². The molecule has 2 aromatic carbocycles. The number of nitrogens with zero attached hydrogens (tertiary/aromatic N) is 1. The minimum atomic E-state index is -0.415. The van der Waals surface area contributed by atoms with E-state index in [0.29, 0.717) is 5.13 Å². The number of nitrogens with one attached hydrogen (secondary N) is 2. The van der Waals surface area contributed by atoms with Crippen molar-refractivity contribution in [3.8, 4) is 0 Å². The van der Waals surface area contributed by atoms with Gasteiger partial charge in [-0.1, -0.05) is 53.8 Å². The number of rotatable bonds is 8. The van der Waals surface area contributed by atoms with Crippen molar-refractivity contribution in [1.29, 1.82) is 0 Å². The Morgan fingerprint density at radius 2 is 1.86 bits per heavy atom. The molecule has 0 aliphatic rings. The summed E-state index contributed by atoms with van der Waals surface area (Å²) < 4.78 is 0.819. The zero-order valence-electron chi connectivity index (χ0n) is 15.7. The fourth-order valence-electron chi connectivity index (χ4n) is 2.73. The van der Waals surface area contributed by atoms with Gasteiger partial charge < -0.3 is 16.4 Å². The predicted octanol–water partition coefficient (Wildman–Crippen LogP) is 2.48. The minimum Gasteiger partial charge on any atom is -0.369 e. The molecule has 29 heavy (non-hydrogen) atoms. The smallest absolute Gasteiger partial charge is 0.245 e. The number of carbonyl (C=O) groups excluding carboxylic acids is 3. The van der Waals surface area contributed by atoms with Crippen LogP contribution in [-0.2, 0) is 20.8 Å². The van der Waals surface area contributed by atoms with E-state index in [1.165, 1.54) is 23.1 Å². The summed E-state index contributed by atoms with van der Waals surface area (Å²) in [5.41, 5.74) is 6.77. The summed E-state index contributed by atoms with van der Waals surface area (Å²) in [5, 5.41) is 7.81.